The summed E-state index contributed by atoms with van der Waals surface area (Å²) in [7, 11) is 0. The zero-order valence-electron chi connectivity index (χ0n) is 12.4. The molecule has 23 heavy (non-hydrogen) atoms. The molecule has 1 aliphatic heterocycles. The first-order valence-corrected chi connectivity index (χ1v) is 8.01. The van der Waals surface area contributed by atoms with Gasteiger partial charge in [0, 0.05) is 18.2 Å². The van der Waals surface area contributed by atoms with Crippen molar-refractivity contribution in [2.24, 2.45) is 0 Å². The third-order valence-electron chi connectivity index (χ3n) is 3.33. The Balaban J connectivity index is 1.84. The zero-order valence-corrected chi connectivity index (χ0v) is 13.2. The van der Waals surface area contributed by atoms with Crippen LogP contribution < -0.4 is 0 Å². The molecule has 1 aromatic carbocycles. The lowest BCUT2D eigenvalue weighted by molar-refractivity contribution is -0.122. The van der Waals surface area contributed by atoms with Crippen molar-refractivity contribution in [3.05, 3.63) is 52.9 Å². The molecule has 0 bridgehead atoms. The summed E-state index contributed by atoms with van der Waals surface area (Å²) < 4.78 is 18.9. The molecule has 2 aromatic rings. The number of hydrogen-bond donors (Lipinski definition) is 0. The molecule has 1 aromatic heterocycles. The average molecular weight is 331 g/mol. The number of rotatable bonds is 4. The minimum atomic E-state index is -0.346. The minimum Gasteiger partial charge on any atom is -0.457 e. The highest BCUT2D eigenvalue weighted by atomic mass is 32.2. The van der Waals surface area contributed by atoms with Gasteiger partial charge in [0.25, 0.3) is 11.1 Å². The second-order valence-electron chi connectivity index (χ2n) is 5.05. The van der Waals surface area contributed by atoms with Crippen molar-refractivity contribution >= 4 is 29.0 Å². The summed E-state index contributed by atoms with van der Waals surface area (Å²) in [6, 6.07) is 9.46. The van der Waals surface area contributed by atoms with E-state index in [2.05, 4.69) is 0 Å². The molecule has 0 saturated carbocycles. The van der Waals surface area contributed by atoms with Crippen LogP contribution in [-0.4, -0.2) is 22.6 Å². The number of benzene rings is 1. The quantitative estimate of drug-likeness (QED) is 0.772. The molecular formula is C17H14FNO3S. The van der Waals surface area contributed by atoms with E-state index in [1.165, 1.54) is 17.0 Å². The third kappa shape index (κ3) is 3.22. The van der Waals surface area contributed by atoms with E-state index in [0.717, 1.165) is 18.2 Å². The van der Waals surface area contributed by atoms with Crippen molar-refractivity contribution in [3.63, 3.8) is 0 Å². The van der Waals surface area contributed by atoms with Gasteiger partial charge in [-0.25, -0.2) is 4.39 Å². The predicted octanol–water partition coefficient (Wildman–Crippen LogP) is 4.53. The van der Waals surface area contributed by atoms with Gasteiger partial charge in [-0.05, 0) is 42.4 Å². The monoisotopic (exact) mass is 331 g/mol. The van der Waals surface area contributed by atoms with Crippen LogP contribution >= 0.6 is 11.8 Å². The fourth-order valence-electron chi connectivity index (χ4n) is 2.27. The summed E-state index contributed by atoms with van der Waals surface area (Å²) in [4.78, 5) is 25.5. The number of hydrogen-bond acceptors (Lipinski definition) is 4. The van der Waals surface area contributed by atoms with Crippen LogP contribution in [0.3, 0.4) is 0 Å². The van der Waals surface area contributed by atoms with Crippen molar-refractivity contribution in [1.29, 1.82) is 0 Å². The largest absolute Gasteiger partial charge is 0.457 e. The highest BCUT2D eigenvalue weighted by molar-refractivity contribution is 8.18. The van der Waals surface area contributed by atoms with Crippen molar-refractivity contribution in [1.82, 2.24) is 4.90 Å². The van der Waals surface area contributed by atoms with Gasteiger partial charge in [0.1, 0.15) is 17.3 Å². The number of carbonyl (C=O) groups excluding carboxylic acids is 2. The first kappa shape index (κ1) is 15.6. The van der Waals surface area contributed by atoms with Gasteiger partial charge in [0.15, 0.2) is 0 Å². The fraction of sp³-hybridized carbons (Fsp3) is 0.176. The summed E-state index contributed by atoms with van der Waals surface area (Å²) in [5, 5.41) is -0.264. The van der Waals surface area contributed by atoms with Gasteiger partial charge in [-0.2, -0.15) is 0 Å². The molecule has 6 heteroatoms. The van der Waals surface area contributed by atoms with Gasteiger partial charge >= 0.3 is 0 Å². The number of carbonyl (C=O) groups is 2. The lowest BCUT2D eigenvalue weighted by Gasteiger charge is -2.09. The van der Waals surface area contributed by atoms with Crippen molar-refractivity contribution in [2.45, 2.75) is 13.3 Å². The van der Waals surface area contributed by atoms with E-state index in [4.69, 9.17) is 4.42 Å². The van der Waals surface area contributed by atoms with E-state index in [-0.39, 0.29) is 17.0 Å². The lowest BCUT2D eigenvalue weighted by atomic mass is 10.2. The molecule has 0 aliphatic carbocycles. The third-order valence-corrected chi connectivity index (χ3v) is 4.24. The molecule has 0 N–H and O–H groups in total. The van der Waals surface area contributed by atoms with Gasteiger partial charge in [-0.15, -0.1) is 0 Å². The van der Waals surface area contributed by atoms with Crippen LogP contribution in [0.5, 0.6) is 0 Å². The molecule has 0 spiro atoms. The van der Waals surface area contributed by atoms with Crippen LogP contribution in [0.1, 0.15) is 19.1 Å². The van der Waals surface area contributed by atoms with Gasteiger partial charge in [-0.3, -0.25) is 14.5 Å². The highest BCUT2D eigenvalue weighted by Gasteiger charge is 2.34. The maximum absolute atomic E-state index is 13.3. The highest BCUT2D eigenvalue weighted by Crippen LogP contribution is 2.33. The zero-order chi connectivity index (χ0) is 16.4. The SMILES string of the molecule is CCCN1C(=O)S/C(=C\c2ccc(-c3cccc(F)c3)o2)C1=O. The predicted molar refractivity (Wildman–Crippen MR) is 87.1 cm³/mol. The Kier molecular flexibility index (Phi) is 4.34. The summed E-state index contributed by atoms with van der Waals surface area (Å²) in [5.41, 5.74) is 0.615. The number of halogens is 1. The molecule has 0 unspecified atom stereocenters. The van der Waals surface area contributed by atoms with Crippen LogP contribution in [0.2, 0.25) is 0 Å². The second-order valence-corrected chi connectivity index (χ2v) is 6.04. The van der Waals surface area contributed by atoms with E-state index < -0.39 is 0 Å². The number of furan rings is 1. The smallest absolute Gasteiger partial charge is 0.293 e. The van der Waals surface area contributed by atoms with Crippen molar-refractivity contribution in [2.75, 3.05) is 6.54 Å². The van der Waals surface area contributed by atoms with Gasteiger partial charge in [0.05, 0.1) is 4.91 Å². The molecule has 0 atom stereocenters. The maximum Gasteiger partial charge on any atom is 0.293 e. The molecule has 2 heterocycles. The molecule has 4 nitrogen and oxygen atoms in total. The normalized spacial score (nSPS) is 16.6. The Bertz CT molecular complexity index is 797. The maximum atomic E-state index is 13.3. The van der Waals surface area contributed by atoms with E-state index in [1.54, 1.807) is 30.3 Å². The van der Waals surface area contributed by atoms with Gasteiger partial charge < -0.3 is 4.42 Å². The fourth-order valence-corrected chi connectivity index (χ4v) is 3.12. The molecule has 0 radical (unpaired) electrons. The van der Waals surface area contributed by atoms with E-state index in [1.807, 2.05) is 6.92 Å². The Morgan fingerprint density at radius 1 is 1.26 bits per heavy atom. The molecule has 1 saturated heterocycles. The first-order chi connectivity index (χ1) is 11.1. The Morgan fingerprint density at radius 2 is 2.09 bits per heavy atom. The first-order valence-electron chi connectivity index (χ1n) is 7.19. The van der Waals surface area contributed by atoms with E-state index in [9.17, 15) is 14.0 Å². The van der Waals surface area contributed by atoms with Crippen LogP contribution in [0.4, 0.5) is 9.18 Å². The van der Waals surface area contributed by atoms with Crippen molar-refractivity contribution in [3.8, 4) is 11.3 Å². The topological polar surface area (TPSA) is 50.5 Å². The molecule has 1 fully saturated rings. The van der Waals surface area contributed by atoms with Gasteiger partial charge in [0.2, 0.25) is 0 Å². The molecular weight excluding hydrogens is 317 g/mol. The van der Waals surface area contributed by atoms with Crippen LogP contribution in [0.15, 0.2) is 45.7 Å². The molecule has 118 valence electrons. The number of nitrogens with zero attached hydrogens (tertiary/aromatic N) is 1. The summed E-state index contributed by atoms with van der Waals surface area (Å²) in [6.07, 6.45) is 2.26. The van der Waals surface area contributed by atoms with Crippen LogP contribution in [-0.2, 0) is 4.79 Å². The molecule has 3 rings (SSSR count). The number of thioether (sulfide) groups is 1. The molecule has 1 aliphatic rings. The van der Waals surface area contributed by atoms with E-state index >= 15 is 0 Å². The summed E-state index contributed by atoms with van der Waals surface area (Å²) >= 11 is 0.903. The Labute approximate surface area is 137 Å². The summed E-state index contributed by atoms with van der Waals surface area (Å²) in [6.45, 7) is 2.32. The standard InChI is InChI=1S/C17H14FNO3S/c1-2-8-19-16(20)15(23-17(19)21)10-13-6-7-14(22-13)11-4-3-5-12(18)9-11/h3-7,9-10H,2,8H2,1H3/b15-10-. The Morgan fingerprint density at radius 3 is 2.83 bits per heavy atom. The number of amides is 2. The number of imide groups is 1. The van der Waals surface area contributed by atoms with Crippen molar-refractivity contribution < 1.29 is 18.4 Å². The summed E-state index contributed by atoms with van der Waals surface area (Å²) in [5.74, 6) is 0.307. The second kappa shape index (κ2) is 6.42. The van der Waals surface area contributed by atoms with Crippen LogP contribution in [0.25, 0.3) is 17.4 Å². The molecule has 2 amide bonds. The van der Waals surface area contributed by atoms with E-state index in [0.29, 0.717) is 28.5 Å². The Hall–Kier alpha value is -2.34. The average Bonchev–Trinajstić information content (AvgIpc) is 3.09. The lowest BCUT2D eigenvalue weighted by Crippen LogP contribution is -2.28. The van der Waals surface area contributed by atoms with Gasteiger partial charge in [-0.1, -0.05) is 19.1 Å². The minimum absolute atomic E-state index is 0.264. The van der Waals surface area contributed by atoms with Crippen LogP contribution in [0, 0.1) is 5.82 Å².